The van der Waals surface area contributed by atoms with Gasteiger partial charge in [-0.1, -0.05) is 0 Å². The molecule has 1 N–H and O–H groups in total. The van der Waals surface area contributed by atoms with Crippen LogP contribution in [0, 0.1) is 0 Å². The lowest BCUT2D eigenvalue weighted by molar-refractivity contribution is -0.137. The molecule has 0 radical (unpaired) electrons. The first-order valence-corrected chi connectivity index (χ1v) is 7.48. The van der Waals surface area contributed by atoms with Crippen molar-refractivity contribution in [3.05, 3.63) is 59.9 Å². The molecule has 4 nitrogen and oxygen atoms in total. The van der Waals surface area contributed by atoms with Crippen LogP contribution in [0.4, 0.5) is 19.0 Å². The second-order valence-corrected chi connectivity index (χ2v) is 5.55. The normalized spacial score (nSPS) is 13.6. The van der Waals surface area contributed by atoms with Gasteiger partial charge in [0.2, 0.25) is 0 Å². The van der Waals surface area contributed by atoms with E-state index in [-0.39, 0.29) is 0 Å². The Balaban J connectivity index is 1.80. The van der Waals surface area contributed by atoms with Gasteiger partial charge in [-0.05, 0) is 42.8 Å². The summed E-state index contributed by atoms with van der Waals surface area (Å²) in [6.07, 6.45) is -0.100. The maximum atomic E-state index is 12.7. The Kier molecular flexibility index (Phi) is 3.30. The molecule has 0 saturated heterocycles. The molecule has 1 aliphatic heterocycles. The van der Waals surface area contributed by atoms with Gasteiger partial charge in [0.1, 0.15) is 5.82 Å². The zero-order valence-electron chi connectivity index (χ0n) is 12.5. The van der Waals surface area contributed by atoms with Crippen LogP contribution in [0.2, 0.25) is 0 Å². The number of nitrogens with zero attached hydrogens (tertiary/aromatic N) is 3. The average Bonchev–Trinajstić information content (AvgIpc) is 3.17. The van der Waals surface area contributed by atoms with Crippen molar-refractivity contribution < 1.29 is 13.2 Å². The summed E-state index contributed by atoms with van der Waals surface area (Å²) in [6, 6.07) is 8.77. The number of alkyl halides is 3. The summed E-state index contributed by atoms with van der Waals surface area (Å²) in [4.78, 5) is 4.11. The largest absolute Gasteiger partial charge is 0.416 e. The number of aromatic nitrogens is 3. The molecular formula is C17H13F3N4. The fourth-order valence-electron chi connectivity index (χ4n) is 2.89. The topological polar surface area (TPSA) is 42.7 Å². The molecule has 0 bridgehead atoms. The maximum absolute atomic E-state index is 12.7. The van der Waals surface area contributed by atoms with Crippen LogP contribution in [0.25, 0.3) is 16.9 Å². The Morgan fingerprint density at radius 3 is 2.54 bits per heavy atom. The van der Waals surface area contributed by atoms with Gasteiger partial charge >= 0.3 is 6.18 Å². The number of nitrogens with one attached hydrogen (secondary N) is 1. The lowest BCUT2D eigenvalue weighted by Gasteiger charge is -2.09. The second-order valence-electron chi connectivity index (χ2n) is 5.55. The van der Waals surface area contributed by atoms with Gasteiger partial charge < -0.3 is 5.32 Å². The monoisotopic (exact) mass is 330 g/mol. The minimum Gasteiger partial charge on any atom is -0.369 e. The van der Waals surface area contributed by atoms with E-state index in [1.807, 2.05) is 12.1 Å². The van der Waals surface area contributed by atoms with Gasteiger partial charge in [-0.2, -0.15) is 18.3 Å². The van der Waals surface area contributed by atoms with Gasteiger partial charge in [0.15, 0.2) is 0 Å². The number of benzene rings is 1. The number of anilines is 1. The number of hydrogen-bond acceptors (Lipinski definition) is 3. The van der Waals surface area contributed by atoms with Crippen molar-refractivity contribution in [2.24, 2.45) is 0 Å². The highest BCUT2D eigenvalue weighted by atomic mass is 19.4. The number of rotatable bonds is 2. The molecule has 0 aliphatic carbocycles. The summed E-state index contributed by atoms with van der Waals surface area (Å²) in [5, 5.41) is 7.86. The standard InChI is InChI=1S/C17H13F3N4/c18-17(19,20)12-3-5-13(6-4-12)24-16-14(7-9-22-16)15(23-24)11-2-1-8-21-10-11/h1-6,8,10,22H,7,9H2. The molecule has 0 spiro atoms. The van der Waals surface area contributed by atoms with Crippen molar-refractivity contribution >= 4 is 5.82 Å². The van der Waals surface area contributed by atoms with Crippen molar-refractivity contribution in [2.75, 3.05) is 11.9 Å². The zero-order chi connectivity index (χ0) is 16.7. The van der Waals surface area contributed by atoms with Crippen LogP contribution >= 0.6 is 0 Å². The molecule has 0 amide bonds. The van der Waals surface area contributed by atoms with Crippen molar-refractivity contribution in [1.29, 1.82) is 0 Å². The van der Waals surface area contributed by atoms with Gasteiger partial charge in [0.25, 0.3) is 0 Å². The number of fused-ring (bicyclic) bond motifs is 1. The molecule has 0 atom stereocenters. The molecule has 1 aromatic carbocycles. The molecule has 7 heteroatoms. The Morgan fingerprint density at radius 1 is 1.08 bits per heavy atom. The maximum Gasteiger partial charge on any atom is 0.416 e. The van der Waals surface area contributed by atoms with Gasteiger partial charge in [-0.25, -0.2) is 4.68 Å². The molecule has 24 heavy (non-hydrogen) atoms. The smallest absolute Gasteiger partial charge is 0.369 e. The third-order valence-electron chi connectivity index (χ3n) is 4.03. The van der Waals surface area contributed by atoms with Crippen LogP contribution in [0.15, 0.2) is 48.8 Å². The first-order chi connectivity index (χ1) is 11.5. The minimum atomic E-state index is -4.34. The summed E-state index contributed by atoms with van der Waals surface area (Å²) in [6.45, 7) is 0.779. The van der Waals surface area contributed by atoms with Gasteiger partial charge in [-0.15, -0.1) is 0 Å². The Morgan fingerprint density at radius 2 is 1.88 bits per heavy atom. The van der Waals surface area contributed by atoms with Crippen molar-refractivity contribution in [3.8, 4) is 16.9 Å². The summed E-state index contributed by atoms with van der Waals surface area (Å²) in [5.41, 5.74) is 2.67. The number of halogens is 3. The minimum absolute atomic E-state index is 0.587. The van der Waals surface area contributed by atoms with Crippen LogP contribution in [0.5, 0.6) is 0 Å². The third kappa shape index (κ3) is 2.42. The molecular weight excluding hydrogens is 317 g/mol. The van der Waals surface area contributed by atoms with Crippen LogP contribution in [0.1, 0.15) is 11.1 Å². The molecule has 0 saturated carbocycles. The second kappa shape index (κ2) is 5.36. The third-order valence-corrected chi connectivity index (χ3v) is 4.03. The van der Waals surface area contributed by atoms with Crippen LogP contribution < -0.4 is 5.32 Å². The first-order valence-electron chi connectivity index (χ1n) is 7.48. The highest BCUT2D eigenvalue weighted by Gasteiger charge is 2.30. The van der Waals surface area contributed by atoms with E-state index in [2.05, 4.69) is 15.4 Å². The molecule has 0 unspecified atom stereocenters. The highest BCUT2D eigenvalue weighted by molar-refractivity contribution is 5.72. The van der Waals surface area contributed by atoms with E-state index in [0.717, 1.165) is 47.7 Å². The predicted molar refractivity (Wildman–Crippen MR) is 84.0 cm³/mol. The molecule has 122 valence electrons. The molecule has 0 fully saturated rings. The number of pyridine rings is 1. The zero-order valence-corrected chi connectivity index (χ0v) is 12.5. The Labute approximate surface area is 136 Å². The van der Waals surface area contributed by atoms with E-state index in [1.165, 1.54) is 12.1 Å². The summed E-state index contributed by atoms with van der Waals surface area (Å²) in [7, 11) is 0. The van der Waals surface area contributed by atoms with Gasteiger partial charge in [0.05, 0.1) is 16.9 Å². The van der Waals surface area contributed by atoms with Gasteiger partial charge in [-0.3, -0.25) is 4.98 Å². The molecule has 1 aliphatic rings. The quantitative estimate of drug-likeness (QED) is 0.774. The van der Waals surface area contributed by atoms with E-state index in [0.29, 0.717) is 5.69 Å². The van der Waals surface area contributed by atoms with E-state index in [9.17, 15) is 13.2 Å². The summed E-state index contributed by atoms with van der Waals surface area (Å²) in [5.74, 6) is 0.827. The van der Waals surface area contributed by atoms with Crippen molar-refractivity contribution in [2.45, 2.75) is 12.6 Å². The summed E-state index contributed by atoms with van der Waals surface area (Å²) < 4.78 is 39.8. The van der Waals surface area contributed by atoms with Crippen LogP contribution in [-0.4, -0.2) is 21.3 Å². The fraction of sp³-hybridized carbons (Fsp3) is 0.176. The molecule has 3 heterocycles. The van der Waals surface area contributed by atoms with Crippen LogP contribution in [-0.2, 0) is 12.6 Å². The van der Waals surface area contributed by atoms with Crippen LogP contribution in [0.3, 0.4) is 0 Å². The SMILES string of the molecule is FC(F)(F)c1ccc(-n2nc(-c3cccnc3)c3c2NCC3)cc1. The Bertz CT molecular complexity index is 867. The lowest BCUT2D eigenvalue weighted by Crippen LogP contribution is -2.07. The van der Waals surface area contributed by atoms with Crippen molar-refractivity contribution in [1.82, 2.24) is 14.8 Å². The van der Waals surface area contributed by atoms with Crippen molar-refractivity contribution in [3.63, 3.8) is 0 Å². The van der Waals surface area contributed by atoms with Gasteiger partial charge in [0, 0.05) is 30.1 Å². The fourth-order valence-corrected chi connectivity index (χ4v) is 2.89. The first kappa shape index (κ1) is 14.7. The summed E-state index contributed by atoms with van der Waals surface area (Å²) >= 11 is 0. The predicted octanol–water partition coefficient (Wildman–Crippen LogP) is 3.92. The average molecular weight is 330 g/mol. The van der Waals surface area contributed by atoms with E-state index in [1.54, 1.807) is 17.1 Å². The van der Waals surface area contributed by atoms with E-state index >= 15 is 0 Å². The molecule has 3 aromatic rings. The highest BCUT2D eigenvalue weighted by Crippen LogP contribution is 2.35. The van der Waals surface area contributed by atoms with E-state index < -0.39 is 11.7 Å². The Hall–Kier alpha value is -2.83. The molecule has 4 rings (SSSR count). The number of hydrogen-bond donors (Lipinski definition) is 1. The molecule has 2 aromatic heterocycles. The van der Waals surface area contributed by atoms with E-state index in [4.69, 9.17) is 0 Å². The lowest BCUT2D eigenvalue weighted by atomic mass is 10.1.